The Kier molecular flexibility index (Phi) is 38.9. The number of aliphatic hydroxyl groups excluding tert-OH is 1. The second kappa shape index (κ2) is 49.4. The fourth-order valence-corrected chi connectivity index (χ4v) is 23.8. The van der Waals surface area contributed by atoms with Crippen molar-refractivity contribution in [2.24, 2.45) is 0 Å². The quantitative estimate of drug-likeness (QED) is 0.0160. The normalized spacial score (nSPS) is 29.2. The monoisotopic (exact) mass is 2240 g/mol. The summed E-state index contributed by atoms with van der Waals surface area (Å²) in [7, 11) is 6.93. The summed E-state index contributed by atoms with van der Waals surface area (Å²) in [6.45, 7) is -20.4. The number of hydrogen-bond acceptors (Lipinski definition) is 50. The number of rotatable bonds is 52. The lowest BCUT2D eigenvalue weighted by molar-refractivity contribution is -0.0834. The number of hydrogen-bond donors (Lipinski definition) is 12. The maximum Gasteiger partial charge on any atom is 0.351 e. The van der Waals surface area contributed by atoms with Crippen molar-refractivity contribution >= 4 is 138 Å². The highest BCUT2D eigenvalue weighted by Gasteiger charge is 2.58. The number of aromatic nitrogens is 16. The van der Waals surface area contributed by atoms with Gasteiger partial charge in [0, 0.05) is 89.0 Å². The third-order valence-electron chi connectivity index (χ3n) is 23.6. The van der Waals surface area contributed by atoms with E-state index in [0.29, 0.717) is 11.1 Å². The number of aryl methyl sites for hydroxylation is 5. The van der Waals surface area contributed by atoms with E-state index in [2.05, 4.69) is 49.8 Å². The van der Waals surface area contributed by atoms with Crippen LogP contribution in [0.25, 0.3) is 22.3 Å². The molecule has 6 aliphatic rings. The average Bonchev–Trinajstić information content (AvgIpc) is 1.61. The van der Waals surface area contributed by atoms with Gasteiger partial charge in [0.05, 0.1) is 124 Å². The van der Waals surface area contributed by atoms with E-state index in [9.17, 15) is 58.3 Å². The highest BCUT2D eigenvalue weighted by atomic mass is 32.5. The molecule has 0 bridgehead atoms. The standard InChI is InChI=1S/C77H113N20O38P5S5/c1-12-41-42(23-48(125-41)92-27-39(5)67(99)91-77(92)104)131-136(105,141)121-29-44-52(57(116-19-14-111-8)70(127-44)94-25-37(3)62(79)89-75(94)102)132-138(107,143)122-30-45-53(58(117-20-15-112-9)71(128-45)95-26-38(4)63(80)90-76(95)103)133-139(108,144)123-31-46-54(59(118-21-16-113-10)72(129-46)96-34-84-49-64(81)82-33-83-65(49)96)135-140(109,145)124-32-47-55(60(119-22-17-114-11)73(130-47)97-35-85-50-66(97)86-40(6)87-68(50)100)134-137(106,142)120-28-43-51(98)56(115-18-13-110-7)69(126-43)93-24-36(2)61(78)88-74(93)101/h24-27,33-35,41-48,51-60,69-73,98H,12-23,28-32H2,1-11H3,(H,105,141)(H,106,142)(H,107,143)(H,108,144)(H,109,145)(H2,78,88,101)(H2,79,89,102)(H2,80,90,103)(H2,81,82,83)(H,86,87,100)(H,91,99,104)/t41-,42?,43-,44-,45-,46-,47-,48-,51?,52?,53?,54?,55?,56+,57+,58+,59+,60+,69-,70-,71-,72-,73-,136?,137?,138?,139?,140?/m1/s1. The molecule has 14 heterocycles. The fourth-order valence-electron chi connectivity index (χ4n) is 16.6. The molecule has 8 aromatic heterocycles. The number of fused-ring (bicyclic) bond motifs is 2. The van der Waals surface area contributed by atoms with Gasteiger partial charge >= 0.3 is 56.4 Å². The van der Waals surface area contributed by atoms with Crippen molar-refractivity contribution in [1.29, 1.82) is 0 Å². The van der Waals surface area contributed by atoms with Gasteiger partial charge in [0.15, 0.2) is 53.8 Å². The smallest absolute Gasteiger partial charge is 0.351 e. The molecule has 0 aliphatic carbocycles. The van der Waals surface area contributed by atoms with Crippen LogP contribution in [0.2, 0.25) is 0 Å². The number of aliphatic hydroxyl groups is 1. The third-order valence-corrected chi connectivity index (χ3v) is 31.4. The van der Waals surface area contributed by atoms with Crippen LogP contribution in [0.4, 0.5) is 23.3 Å². The minimum atomic E-state index is -5.03. The summed E-state index contributed by atoms with van der Waals surface area (Å²) in [6.07, 6.45) is -25.1. The number of nitrogens with two attached hydrogens (primary N) is 4. The molecule has 0 aromatic carbocycles. The summed E-state index contributed by atoms with van der Waals surface area (Å²) in [6, 6.07) is 0. The molecular formula is C77H113N20O38P5S5. The summed E-state index contributed by atoms with van der Waals surface area (Å²) in [5.74, 6) is -0.301. The largest absolute Gasteiger partial charge is 0.387 e. The van der Waals surface area contributed by atoms with Gasteiger partial charge in [-0.15, -0.1) is 0 Å². The van der Waals surface area contributed by atoms with Gasteiger partial charge in [0.1, 0.15) is 133 Å². The highest BCUT2D eigenvalue weighted by Crippen LogP contribution is 2.58. The van der Waals surface area contributed by atoms with E-state index in [0.717, 1.165) is 20.0 Å². The predicted molar refractivity (Wildman–Crippen MR) is 521 cm³/mol. The number of nitrogens with zero attached hydrogens (tertiary/aromatic N) is 14. The first kappa shape index (κ1) is 114. The maximum absolute atomic E-state index is 14.2. The molecule has 0 saturated carbocycles. The Morgan fingerprint density at radius 3 is 1.10 bits per heavy atom. The molecule has 0 spiro atoms. The van der Waals surface area contributed by atoms with Crippen molar-refractivity contribution in [3.05, 3.63) is 134 Å². The molecule has 6 aliphatic heterocycles. The van der Waals surface area contributed by atoms with Gasteiger partial charge in [-0.2, -0.15) is 15.0 Å². The molecule has 0 amide bonds. The first-order valence-corrected chi connectivity index (χ1v) is 57.5. The topological polar surface area (TPSA) is 732 Å². The Bertz CT molecular complexity index is 6500. The summed E-state index contributed by atoms with van der Waals surface area (Å²) < 4.78 is 168. The van der Waals surface area contributed by atoms with Crippen LogP contribution >= 0.6 is 33.6 Å². The highest BCUT2D eigenvalue weighted by molar-refractivity contribution is 8.08. The molecule has 6 saturated heterocycles. The van der Waals surface area contributed by atoms with Gasteiger partial charge in [-0.25, -0.2) is 44.1 Å². The van der Waals surface area contributed by atoms with Crippen molar-refractivity contribution in [1.82, 2.24) is 77.2 Å². The zero-order valence-corrected chi connectivity index (χ0v) is 88.0. The molecule has 28 atom stereocenters. The molecule has 16 N–H and O–H groups in total. The molecule has 68 heteroatoms. The fraction of sp³-hybridized carbons (Fsp3) is 0.662. The Morgan fingerprint density at radius 1 is 0.379 bits per heavy atom. The third kappa shape index (κ3) is 27.4. The lowest BCUT2D eigenvalue weighted by Crippen LogP contribution is -2.41. The van der Waals surface area contributed by atoms with Crippen LogP contribution in [0.5, 0.6) is 0 Å². The number of nitrogens with one attached hydrogen (secondary N) is 2. The number of anilines is 4. The zero-order chi connectivity index (χ0) is 105. The van der Waals surface area contributed by atoms with Crippen molar-refractivity contribution in [2.45, 2.75) is 196 Å². The first-order valence-electron chi connectivity index (χ1n) is 44.6. The van der Waals surface area contributed by atoms with Crippen LogP contribution in [-0.4, -0.2) is 345 Å². The van der Waals surface area contributed by atoms with Gasteiger partial charge in [-0.1, -0.05) is 6.92 Å². The van der Waals surface area contributed by atoms with Gasteiger partial charge < -0.3 is 160 Å². The summed E-state index contributed by atoms with van der Waals surface area (Å²) in [4.78, 5) is 182. The second-order valence-electron chi connectivity index (χ2n) is 33.5. The average molecular weight is 2240 g/mol. The minimum Gasteiger partial charge on any atom is -0.387 e. The Labute approximate surface area is 848 Å². The van der Waals surface area contributed by atoms with Crippen LogP contribution in [-0.2, 0) is 180 Å². The van der Waals surface area contributed by atoms with E-state index in [-0.39, 0.29) is 141 Å². The van der Waals surface area contributed by atoms with Gasteiger partial charge in [0.25, 0.3) is 11.1 Å². The van der Waals surface area contributed by atoms with E-state index in [1.807, 2.05) is 0 Å². The number of aromatic amines is 2. The predicted octanol–water partition coefficient (Wildman–Crippen LogP) is -1.05. The van der Waals surface area contributed by atoms with Crippen molar-refractivity contribution in [3.63, 3.8) is 0 Å². The summed E-state index contributed by atoms with van der Waals surface area (Å²) in [5, 5.41) is 11.9. The summed E-state index contributed by atoms with van der Waals surface area (Å²) >= 11 is 29.1. The molecular weight excluding hydrogens is 2130 g/mol. The summed E-state index contributed by atoms with van der Waals surface area (Å²) in [5.41, 5.74) is 20.8. The Balaban J connectivity index is 0.761. The van der Waals surface area contributed by atoms with Crippen LogP contribution < -0.4 is 56.8 Å². The first-order chi connectivity index (χ1) is 68.9. The van der Waals surface area contributed by atoms with E-state index in [1.54, 1.807) is 20.8 Å². The van der Waals surface area contributed by atoms with Gasteiger partial charge in [0.2, 0.25) is 0 Å². The van der Waals surface area contributed by atoms with E-state index < -0.39 is 242 Å². The van der Waals surface area contributed by atoms with Gasteiger partial charge in [-0.3, -0.25) is 60.1 Å². The number of nitrogen functional groups attached to an aromatic ring is 4. The number of imidazole rings is 2. The lowest BCUT2D eigenvalue weighted by atomic mass is 10.1. The SMILES string of the molecule is CC[C@H]1O[C@@H](n2cc(C)c(=O)[nH]c2=O)CC1OP(O)(=S)OC[C@H]1O[C@@H](n2cc(C)c(N)nc2=O)[C@@H](OCCOC)C1OP(O)(=S)OC[C@H]1O[C@@H](n2cc(C)c(N)nc2=O)[C@@H](OCCOC)C1OP(O)(=S)OC[C@H]1O[C@@H](n2cnc3c(N)ncnc32)[C@@H](OCCOC)C1OP(O)(=S)OC[C@H]1O[C@@H](n2cnc3c(=O)[nH]c(C)nc32)[C@@H](OCCOC)C1OP(O)(=S)OC[C@H]1O[C@@H](n2cc(C)c(N)nc2=O)[C@@H](OCCOC)C1O. The number of H-pyrrole nitrogens is 2. The van der Waals surface area contributed by atoms with E-state index in [4.69, 9.17) is 203 Å². The molecule has 145 heavy (non-hydrogen) atoms. The zero-order valence-electron chi connectivity index (χ0n) is 79.4. The van der Waals surface area contributed by atoms with E-state index in [1.165, 1.54) is 107 Å². The van der Waals surface area contributed by atoms with Crippen LogP contribution in [0, 0.1) is 34.6 Å². The van der Waals surface area contributed by atoms with Crippen LogP contribution in [0.3, 0.4) is 0 Å². The molecule has 14 rings (SSSR count). The van der Waals surface area contributed by atoms with Crippen LogP contribution in [0.1, 0.15) is 85.2 Å². The molecule has 11 unspecified atom stereocenters. The van der Waals surface area contributed by atoms with E-state index >= 15 is 0 Å². The second-order valence-corrected chi connectivity index (χ2v) is 47.5. The molecule has 6 fully saturated rings. The molecule has 804 valence electrons. The number of ether oxygens (including phenoxy) is 16. The molecule has 58 nitrogen and oxygen atoms in total. The van der Waals surface area contributed by atoms with Gasteiger partial charge in [-0.05, 0) is 100 Å². The Hall–Kier alpha value is -6.61. The number of methoxy groups -OCH3 is 5. The van der Waals surface area contributed by atoms with Crippen molar-refractivity contribution < 1.29 is 151 Å². The van der Waals surface area contributed by atoms with Crippen molar-refractivity contribution in [2.75, 3.05) is 158 Å². The Morgan fingerprint density at radius 2 is 0.717 bits per heavy atom. The van der Waals surface area contributed by atoms with Crippen LogP contribution in [0.15, 0.2) is 72.5 Å². The van der Waals surface area contributed by atoms with Crippen molar-refractivity contribution in [3.8, 4) is 0 Å². The molecule has 8 aromatic rings. The minimum absolute atomic E-state index is 0.0339. The molecule has 0 radical (unpaired) electrons. The lowest BCUT2D eigenvalue weighted by Gasteiger charge is -2.31. The maximum atomic E-state index is 14.2.